The highest BCUT2D eigenvalue weighted by atomic mass is 19.1. The summed E-state index contributed by atoms with van der Waals surface area (Å²) >= 11 is 0. The molecule has 1 aromatic carbocycles. The number of halogens is 1. The van der Waals surface area contributed by atoms with E-state index in [1.54, 1.807) is 11.6 Å². The van der Waals surface area contributed by atoms with E-state index in [0.717, 1.165) is 48.1 Å². The van der Waals surface area contributed by atoms with Gasteiger partial charge in [0, 0.05) is 0 Å². The molecule has 0 spiro atoms. The predicted molar refractivity (Wildman–Crippen MR) is 119 cm³/mol. The summed E-state index contributed by atoms with van der Waals surface area (Å²) in [4.78, 5) is 0. The van der Waals surface area contributed by atoms with Crippen molar-refractivity contribution in [3.63, 3.8) is 0 Å². The van der Waals surface area contributed by atoms with E-state index in [9.17, 15) is 4.39 Å². The molecule has 0 heterocycles. The number of hydrogen-bond donors (Lipinski definition) is 0. The monoisotopic (exact) mass is 384 g/mol. The molecule has 2 aliphatic rings. The quantitative estimate of drug-likeness (QED) is 0.296. The van der Waals surface area contributed by atoms with Gasteiger partial charge in [-0.2, -0.15) is 0 Å². The van der Waals surface area contributed by atoms with Crippen molar-refractivity contribution >= 4 is 0 Å². The lowest BCUT2D eigenvalue weighted by Crippen LogP contribution is -2.23. The molecule has 1 heteroatoms. The average molecular weight is 385 g/mol. The minimum absolute atomic E-state index is 0.0250. The second kappa shape index (κ2) is 11.2. The zero-order chi connectivity index (χ0) is 19.8. The van der Waals surface area contributed by atoms with E-state index >= 15 is 0 Å². The molecule has 0 amide bonds. The fourth-order valence-corrected chi connectivity index (χ4v) is 5.53. The molecule has 1 atom stereocenters. The molecule has 1 saturated carbocycles. The summed E-state index contributed by atoms with van der Waals surface area (Å²) in [5, 5.41) is 0. The average Bonchev–Trinajstić information content (AvgIpc) is 2.73. The van der Waals surface area contributed by atoms with Crippen molar-refractivity contribution in [1.82, 2.24) is 0 Å². The van der Waals surface area contributed by atoms with Gasteiger partial charge in [-0.1, -0.05) is 76.2 Å². The Hall–Kier alpha value is -1.11. The predicted octanol–water partition coefficient (Wildman–Crippen LogP) is 8.43. The first kappa shape index (κ1) is 21.6. The second-order valence-corrected chi connectivity index (χ2v) is 9.45. The van der Waals surface area contributed by atoms with Gasteiger partial charge in [-0.3, -0.25) is 0 Å². The zero-order valence-corrected chi connectivity index (χ0v) is 18.3. The summed E-state index contributed by atoms with van der Waals surface area (Å²) < 4.78 is 14.0. The fraction of sp³-hybridized carbons (Fsp3) is 0.704. The van der Waals surface area contributed by atoms with Gasteiger partial charge in [0.2, 0.25) is 0 Å². The molecule has 0 radical (unpaired) electrons. The smallest absolute Gasteiger partial charge is 0.126 e. The molecule has 1 unspecified atom stereocenters. The maximum absolute atomic E-state index is 14.0. The standard InChI is InChI=1S/C27H41F/c1-3-5-6-7-21-10-16-25(17-11-21)26-18-12-22(13-19-26)8-9-23-14-15-24(4-2)27(28)20-23/h12,14-15,20-21,25-26H,3-11,13,16-19H2,1-2H3/t21-,25-,26?. The number of rotatable bonds is 9. The minimum Gasteiger partial charge on any atom is -0.207 e. The van der Waals surface area contributed by atoms with Gasteiger partial charge in [0.25, 0.3) is 0 Å². The third kappa shape index (κ3) is 6.19. The molecule has 0 saturated heterocycles. The third-order valence-corrected chi connectivity index (χ3v) is 7.55. The highest BCUT2D eigenvalue weighted by Crippen LogP contribution is 2.41. The van der Waals surface area contributed by atoms with E-state index < -0.39 is 0 Å². The lowest BCUT2D eigenvalue weighted by Gasteiger charge is -2.35. The molecule has 156 valence electrons. The van der Waals surface area contributed by atoms with Crippen LogP contribution < -0.4 is 0 Å². The van der Waals surface area contributed by atoms with Crippen LogP contribution in [0.3, 0.4) is 0 Å². The van der Waals surface area contributed by atoms with E-state index in [2.05, 4.69) is 19.1 Å². The summed E-state index contributed by atoms with van der Waals surface area (Å²) in [5.41, 5.74) is 3.60. The van der Waals surface area contributed by atoms with Gasteiger partial charge in [0.1, 0.15) is 5.82 Å². The van der Waals surface area contributed by atoms with Crippen LogP contribution in [0.15, 0.2) is 29.8 Å². The molecule has 0 nitrogen and oxygen atoms in total. The summed E-state index contributed by atoms with van der Waals surface area (Å²) in [7, 11) is 0. The summed E-state index contributed by atoms with van der Waals surface area (Å²) in [6.45, 7) is 4.32. The van der Waals surface area contributed by atoms with Crippen LogP contribution in [-0.2, 0) is 12.8 Å². The van der Waals surface area contributed by atoms with E-state index in [4.69, 9.17) is 0 Å². The first-order valence-corrected chi connectivity index (χ1v) is 12.1. The summed E-state index contributed by atoms with van der Waals surface area (Å²) in [6, 6.07) is 5.84. The molecular formula is C27H41F. The van der Waals surface area contributed by atoms with Gasteiger partial charge in [-0.25, -0.2) is 4.39 Å². The van der Waals surface area contributed by atoms with Crippen LogP contribution in [0.25, 0.3) is 0 Å². The van der Waals surface area contributed by atoms with E-state index in [-0.39, 0.29) is 5.82 Å². The maximum atomic E-state index is 14.0. The van der Waals surface area contributed by atoms with Crippen LogP contribution in [0.4, 0.5) is 4.39 Å². The Balaban J connectivity index is 1.39. The van der Waals surface area contributed by atoms with Gasteiger partial charge >= 0.3 is 0 Å². The van der Waals surface area contributed by atoms with E-state index in [1.165, 1.54) is 70.6 Å². The molecule has 1 fully saturated rings. The van der Waals surface area contributed by atoms with E-state index in [0.29, 0.717) is 0 Å². The molecule has 1 aromatic rings. The number of aryl methyl sites for hydroxylation is 2. The number of unbranched alkanes of at least 4 members (excludes halogenated alkanes) is 2. The van der Waals surface area contributed by atoms with Crippen molar-refractivity contribution in [3.8, 4) is 0 Å². The van der Waals surface area contributed by atoms with Crippen molar-refractivity contribution < 1.29 is 4.39 Å². The van der Waals surface area contributed by atoms with Gasteiger partial charge < -0.3 is 0 Å². The Kier molecular flexibility index (Phi) is 8.62. The van der Waals surface area contributed by atoms with Gasteiger partial charge in [0.05, 0.1) is 0 Å². The Labute approximate surface area is 173 Å². The van der Waals surface area contributed by atoms with Crippen molar-refractivity contribution in [1.29, 1.82) is 0 Å². The van der Waals surface area contributed by atoms with Crippen molar-refractivity contribution in [2.24, 2.45) is 17.8 Å². The van der Waals surface area contributed by atoms with Gasteiger partial charge in [0.15, 0.2) is 0 Å². The lowest BCUT2D eigenvalue weighted by molar-refractivity contribution is 0.185. The lowest BCUT2D eigenvalue weighted by atomic mass is 9.70. The van der Waals surface area contributed by atoms with Gasteiger partial charge in [-0.15, -0.1) is 0 Å². The molecule has 0 N–H and O–H groups in total. The maximum Gasteiger partial charge on any atom is 0.126 e. The van der Waals surface area contributed by atoms with Crippen LogP contribution in [0.2, 0.25) is 0 Å². The largest absolute Gasteiger partial charge is 0.207 e. The van der Waals surface area contributed by atoms with Crippen LogP contribution in [0.1, 0.15) is 102 Å². The van der Waals surface area contributed by atoms with Crippen LogP contribution in [0, 0.1) is 23.6 Å². The normalized spacial score (nSPS) is 25.5. The molecule has 0 aliphatic heterocycles. The Morgan fingerprint density at radius 2 is 1.75 bits per heavy atom. The number of benzene rings is 1. The molecule has 3 rings (SSSR count). The van der Waals surface area contributed by atoms with Crippen molar-refractivity contribution in [3.05, 3.63) is 46.8 Å². The first-order chi connectivity index (χ1) is 13.7. The molecule has 2 aliphatic carbocycles. The molecule has 0 aromatic heterocycles. The SMILES string of the molecule is CCCCC[C@H]1CC[C@H](C2CC=C(CCc3ccc(CC)c(F)c3)CC2)CC1. The second-order valence-electron chi connectivity index (χ2n) is 9.45. The zero-order valence-electron chi connectivity index (χ0n) is 18.3. The van der Waals surface area contributed by atoms with E-state index in [1.807, 2.05) is 13.0 Å². The molecule has 28 heavy (non-hydrogen) atoms. The van der Waals surface area contributed by atoms with Crippen LogP contribution in [0.5, 0.6) is 0 Å². The van der Waals surface area contributed by atoms with Crippen LogP contribution >= 0.6 is 0 Å². The molecular weight excluding hydrogens is 343 g/mol. The van der Waals surface area contributed by atoms with Gasteiger partial charge in [-0.05, 0) is 86.3 Å². The minimum atomic E-state index is -0.0250. The van der Waals surface area contributed by atoms with Crippen LogP contribution in [-0.4, -0.2) is 0 Å². The first-order valence-electron chi connectivity index (χ1n) is 12.1. The highest BCUT2D eigenvalue weighted by Gasteiger charge is 2.28. The van der Waals surface area contributed by atoms with Crippen molar-refractivity contribution in [2.75, 3.05) is 0 Å². The molecule has 0 bridgehead atoms. The number of hydrogen-bond acceptors (Lipinski definition) is 0. The highest BCUT2D eigenvalue weighted by molar-refractivity contribution is 5.25. The fourth-order valence-electron chi connectivity index (χ4n) is 5.53. The topological polar surface area (TPSA) is 0 Å². The number of allylic oxidation sites excluding steroid dienone is 2. The Morgan fingerprint density at radius 1 is 0.929 bits per heavy atom. The Bertz CT molecular complexity index is 621. The third-order valence-electron chi connectivity index (χ3n) is 7.55. The summed E-state index contributed by atoms with van der Waals surface area (Å²) in [6.07, 6.45) is 21.0. The Morgan fingerprint density at radius 3 is 2.39 bits per heavy atom. The summed E-state index contributed by atoms with van der Waals surface area (Å²) in [5.74, 6) is 2.91. The van der Waals surface area contributed by atoms with Crippen molar-refractivity contribution in [2.45, 2.75) is 104 Å².